The highest BCUT2D eigenvalue weighted by molar-refractivity contribution is 9.10. The third-order valence-electron chi connectivity index (χ3n) is 3.79. The number of hydrogen-bond acceptors (Lipinski definition) is 2. The Labute approximate surface area is 151 Å². The molecule has 1 aromatic carbocycles. The zero-order chi connectivity index (χ0) is 17.7. The Balaban J connectivity index is 2.25. The molecule has 24 heavy (non-hydrogen) atoms. The Morgan fingerprint density at radius 2 is 2.00 bits per heavy atom. The van der Waals surface area contributed by atoms with Crippen LogP contribution in [0.1, 0.15) is 23.0 Å². The minimum Gasteiger partial charge on any atom is -0.343 e. The predicted molar refractivity (Wildman–Crippen MR) is 97.5 cm³/mol. The van der Waals surface area contributed by atoms with Gasteiger partial charge in [-0.25, -0.2) is 4.39 Å². The topological polar surface area (TPSA) is 28.5 Å². The van der Waals surface area contributed by atoms with Gasteiger partial charge in [0.15, 0.2) is 0 Å². The van der Waals surface area contributed by atoms with E-state index in [1.54, 1.807) is 11.0 Å². The van der Waals surface area contributed by atoms with Crippen molar-refractivity contribution in [1.29, 1.82) is 0 Å². The van der Waals surface area contributed by atoms with Gasteiger partial charge in [-0.15, -0.1) is 0 Å². The average Bonchev–Trinajstić information content (AvgIpc) is 2.91. The van der Waals surface area contributed by atoms with Gasteiger partial charge in [0, 0.05) is 36.8 Å². The molecule has 0 bridgehead atoms. The van der Waals surface area contributed by atoms with Crippen LogP contribution in [0.25, 0.3) is 0 Å². The molecule has 2 aromatic rings. The van der Waals surface area contributed by atoms with E-state index in [1.165, 1.54) is 12.1 Å². The fourth-order valence-corrected chi connectivity index (χ4v) is 2.97. The highest BCUT2D eigenvalue weighted by Crippen LogP contribution is 2.18. The summed E-state index contributed by atoms with van der Waals surface area (Å²) in [4.78, 5) is 16.8. The van der Waals surface area contributed by atoms with Gasteiger partial charge in [-0.05, 0) is 60.7 Å². The van der Waals surface area contributed by atoms with Crippen LogP contribution in [-0.4, -0.2) is 47.5 Å². The van der Waals surface area contributed by atoms with Crippen LogP contribution in [0.5, 0.6) is 0 Å². The summed E-state index contributed by atoms with van der Waals surface area (Å²) < 4.78 is 16.3. The van der Waals surface area contributed by atoms with Crippen molar-refractivity contribution in [1.82, 2.24) is 14.4 Å². The molecule has 0 unspecified atom stereocenters. The monoisotopic (exact) mass is 395 g/mol. The summed E-state index contributed by atoms with van der Waals surface area (Å²) in [6, 6.07) is 8.23. The number of aromatic nitrogens is 1. The number of carbonyl (C=O) groups excluding carboxylic acids is 1. The lowest BCUT2D eigenvalue weighted by Crippen LogP contribution is -2.37. The van der Waals surface area contributed by atoms with Gasteiger partial charge < -0.3 is 14.4 Å². The van der Waals surface area contributed by atoms with E-state index in [1.807, 2.05) is 48.8 Å². The van der Waals surface area contributed by atoms with Gasteiger partial charge in [0.2, 0.25) is 0 Å². The summed E-state index contributed by atoms with van der Waals surface area (Å²) in [5, 5.41) is 0. The molecule has 0 fully saturated rings. The SMILES string of the molecule is CCn1cc(Br)cc1C(=O)N(CCN(C)C)Cc1cccc(F)c1. The summed E-state index contributed by atoms with van der Waals surface area (Å²) in [5.74, 6) is -0.333. The zero-order valence-corrected chi connectivity index (χ0v) is 15.9. The molecular weight excluding hydrogens is 373 g/mol. The maximum atomic E-state index is 13.5. The molecule has 6 heteroatoms. The van der Waals surface area contributed by atoms with Gasteiger partial charge in [0.1, 0.15) is 11.5 Å². The maximum absolute atomic E-state index is 13.5. The molecule has 0 radical (unpaired) electrons. The molecule has 2 rings (SSSR count). The zero-order valence-electron chi connectivity index (χ0n) is 14.3. The van der Waals surface area contributed by atoms with Gasteiger partial charge >= 0.3 is 0 Å². The van der Waals surface area contributed by atoms with Crippen LogP contribution in [0, 0.1) is 5.82 Å². The number of aryl methyl sites for hydroxylation is 1. The number of nitrogens with zero attached hydrogens (tertiary/aromatic N) is 3. The lowest BCUT2D eigenvalue weighted by atomic mass is 10.2. The fraction of sp³-hybridized carbons (Fsp3) is 0.389. The van der Waals surface area contributed by atoms with E-state index in [2.05, 4.69) is 15.9 Å². The van der Waals surface area contributed by atoms with E-state index >= 15 is 0 Å². The van der Waals surface area contributed by atoms with Crippen LogP contribution in [0.15, 0.2) is 41.0 Å². The lowest BCUT2D eigenvalue weighted by Gasteiger charge is -2.25. The van der Waals surface area contributed by atoms with Gasteiger partial charge in [-0.1, -0.05) is 12.1 Å². The van der Waals surface area contributed by atoms with E-state index in [9.17, 15) is 9.18 Å². The summed E-state index contributed by atoms with van der Waals surface area (Å²) in [6.07, 6.45) is 1.90. The van der Waals surface area contributed by atoms with Crippen molar-refractivity contribution >= 4 is 21.8 Å². The van der Waals surface area contributed by atoms with E-state index < -0.39 is 0 Å². The van der Waals surface area contributed by atoms with Crippen molar-refractivity contribution in [3.05, 3.63) is 58.1 Å². The van der Waals surface area contributed by atoms with Crippen molar-refractivity contribution in [3.63, 3.8) is 0 Å². The number of rotatable bonds is 7. The second-order valence-corrected chi connectivity index (χ2v) is 6.91. The van der Waals surface area contributed by atoms with Crippen LogP contribution in [0.3, 0.4) is 0 Å². The maximum Gasteiger partial charge on any atom is 0.270 e. The highest BCUT2D eigenvalue weighted by Gasteiger charge is 2.20. The number of hydrogen-bond donors (Lipinski definition) is 0. The molecule has 4 nitrogen and oxygen atoms in total. The molecular formula is C18H23BrFN3O. The summed E-state index contributed by atoms with van der Waals surface area (Å²) >= 11 is 3.43. The first kappa shape index (κ1) is 18.7. The molecule has 0 aliphatic rings. The minimum atomic E-state index is -0.285. The Hall–Kier alpha value is -1.66. The Morgan fingerprint density at radius 1 is 1.25 bits per heavy atom. The highest BCUT2D eigenvalue weighted by atomic mass is 79.9. The standard InChI is InChI=1S/C18H23BrFN3O/c1-4-22-13-15(19)11-17(22)18(24)23(9-8-21(2)3)12-14-6-5-7-16(20)10-14/h5-7,10-11,13H,4,8-9,12H2,1-3H3. The number of likely N-dealkylation sites (N-methyl/N-ethyl adjacent to an activating group) is 1. The molecule has 1 heterocycles. The predicted octanol–water partition coefficient (Wildman–Crippen LogP) is 3.61. The summed E-state index contributed by atoms with van der Waals surface area (Å²) in [5.41, 5.74) is 1.43. The molecule has 0 N–H and O–H groups in total. The van der Waals surface area contributed by atoms with Gasteiger partial charge in [-0.2, -0.15) is 0 Å². The van der Waals surface area contributed by atoms with Crippen LogP contribution in [0.2, 0.25) is 0 Å². The van der Waals surface area contributed by atoms with Crippen molar-refractivity contribution in [2.24, 2.45) is 0 Å². The molecule has 1 aromatic heterocycles. The first-order valence-corrected chi connectivity index (χ1v) is 8.74. The first-order valence-electron chi connectivity index (χ1n) is 7.94. The number of amides is 1. The lowest BCUT2D eigenvalue weighted by molar-refractivity contribution is 0.0721. The Morgan fingerprint density at radius 3 is 2.62 bits per heavy atom. The number of carbonyl (C=O) groups is 1. The Kier molecular flexibility index (Phi) is 6.57. The number of benzene rings is 1. The second kappa shape index (κ2) is 8.44. The molecule has 0 aliphatic carbocycles. The van der Waals surface area contributed by atoms with Crippen LogP contribution >= 0.6 is 15.9 Å². The van der Waals surface area contributed by atoms with Crippen LogP contribution < -0.4 is 0 Å². The molecule has 130 valence electrons. The fourth-order valence-electron chi connectivity index (χ4n) is 2.51. The average molecular weight is 396 g/mol. The summed E-state index contributed by atoms with van der Waals surface area (Å²) in [7, 11) is 3.94. The molecule has 0 saturated carbocycles. The molecule has 0 saturated heterocycles. The van der Waals surface area contributed by atoms with Crippen molar-refractivity contribution in [2.75, 3.05) is 27.2 Å². The molecule has 0 atom stereocenters. The van der Waals surface area contributed by atoms with Crippen molar-refractivity contribution in [3.8, 4) is 0 Å². The van der Waals surface area contributed by atoms with Crippen molar-refractivity contribution in [2.45, 2.75) is 20.0 Å². The van der Waals surface area contributed by atoms with Gasteiger partial charge in [0.05, 0.1) is 0 Å². The van der Waals surface area contributed by atoms with Crippen molar-refractivity contribution < 1.29 is 9.18 Å². The molecule has 0 spiro atoms. The number of halogens is 2. The largest absolute Gasteiger partial charge is 0.343 e. The van der Waals surface area contributed by atoms with E-state index in [-0.39, 0.29) is 11.7 Å². The van der Waals surface area contributed by atoms with Gasteiger partial charge in [-0.3, -0.25) is 4.79 Å². The van der Waals surface area contributed by atoms with E-state index in [4.69, 9.17) is 0 Å². The van der Waals surface area contributed by atoms with E-state index in [0.29, 0.717) is 25.3 Å². The smallest absolute Gasteiger partial charge is 0.270 e. The van der Waals surface area contributed by atoms with Crippen LogP contribution in [-0.2, 0) is 13.1 Å². The molecule has 1 amide bonds. The van der Waals surface area contributed by atoms with E-state index in [0.717, 1.165) is 16.6 Å². The summed E-state index contributed by atoms with van der Waals surface area (Å²) in [6.45, 7) is 4.43. The van der Waals surface area contributed by atoms with Gasteiger partial charge in [0.25, 0.3) is 5.91 Å². The normalized spacial score (nSPS) is 11.1. The first-order chi connectivity index (χ1) is 11.4. The third-order valence-corrected chi connectivity index (χ3v) is 4.22. The minimum absolute atomic E-state index is 0.0475. The van der Waals surface area contributed by atoms with Crippen LogP contribution in [0.4, 0.5) is 4.39 Å². The second-order valence-electron chi connectivity index (χ2n) is 5.99. The molecule has 0 aliphatic heterocycles. The quantitative estimate of drug-likeness (QED) is 0.716. The third kappa shape index (κ3) is 4.92. The Bertz CT molecular complexity index is 699.